The number of aliphatic hydroxyl groups excluding tert-OH is 2. The smallest absolute Gasteiger partial charge is 0.313 e. The van der Waals surface area contributed by atoms with Crippen molar-refractivity contribution in [2.45, 2.75) is 37.9 Å². The highest BCUT2D eigenvalue weighted by Crippen LogP contribution is 2.51. The minimum absolute atomic E-state index is 0.0851. The maximum atomic E-state index is 10.6. The second-order valence-corrected chi connectivity index (χ2v) is 9.09. The predicted molar refractivity (Wildman–Crippen MR) is 110 cm³/mol. The van der Waals surface area contributed by atoms with Crippen molar-refractivity contribution in [2.75, 3.05) is 18.6 Å². The summed E-state index contributed by atoms with van der Waals surface area (Å²) >= 11 is 1.49. The number of hydrogen-bond acceptors (Lipinski definition) is 5. The van der Waals surface area contributed by atoms with Crippen LogP contribution in [0.1, 0.15) is 37.4 Å². The number of rotatable bonds is 9. The number of ether oxygens (including phenoxy) is 1. The molecule has 0 heterocycles. The quantitative estimate of drug-likeness (QED) is 0.430. The first-order valence-electron chi connectivity index (χ1n) is 9.96. The van der Waals surface area contributed by atoms with Gasteiger partial charge in [0.1, 0.15) is 5.75 Å². The van der Waals surface area contributed by atoms with Gasteiger partial charge >= 0.3 is 5.97 Å². The van der Waals surface area contributed by atoms with Gasteiger partial charge in [0.05, 0.1) is 25.1 Å². The lowest BCUT2D eigenvalue weighted by molar-refractivity contribution is -0.133. The minimum atomic E-state index is -0.754. The summed E-state index contributed by atoms with van der Waals surface area (Å²) in [5, 5.41) is 29.7. The van der Waals surface area contributed by atoms with Crippen LogP contribution in [0.15, 0.2) is 36.4 Å². The lowest BCUT2D eigenvalue weighted by atomic mass is 9.89. The summed E-state index contributed by atoms with van der Waals surface area (Å²) in [4.78, 5) is 10.6. The van der Waals surface area contributed by atoms with Gasteiger partial charge in [0.25, 0.3) is 0 Å². The molecular formula is C22H30O5S. The van der Waals surface area contributed by atoms with Gasteiger partial charge in [0, 0.05) is 5.92 Å². The molecule has 0 radical (unpaired) electrons. The Balaban J connectivity index is 1.55. The summed E-state index contributed by atoms with van der Waals surface area (Å²) in [7, 11) is 1.60. The molecule has 2 unspecified atom stereocenters. The predicted octanol–water partition coefficient (Wildman–Crippen LogP) is 3.52. The van der Waals surface area contributed by atoms with Gasteiger partial charge in [0.2, 0.25) is 0 Å². The fourth-order valence-electron chi connectivity index (χ4n) is 4.86. The van der Waals surface area contributed by atoms with Crippen molar-refractivity contribution in [1.82, 2.24) is 0 Å². The number of aliphatic carboxylic acids is 1. The molecule has 2 aliphatic rings. The van der Waals surface area contributed by atoms with Crippen molar-refractivity contribution in [3.05, 3.63) is 42.0 Å². The number of benzene rings is 1. The van der Waals surface area contributed by atoms with E-state index in [1.54, 1.807) is 13.2 Å². The number of thioether (sulfide) groups is 1. The molecule has 6 atom stereocenters. The number of carboxylic acid groups (broad SMARTS) is 1. The van der Waals surface area contributed by atoms with Gasteiger partial charge in [-0.15, -0.1) is 0 Å². The van der Waals surface area contributed by atoms with E-state index in [1.807, 2.05) is 30.3 Å². The fraction of sp³-hybridized carbons (Fsp3) is 0.591. The van der Waals surface area contributed by atoms with E-state index in [9.17, 15) is 15.0 Å². The highest BCUT2D eigenvalue weighted by Gasteiger charge is 2.46. The third-order valence-electron chi connectivity index (χ3n) is 6.18. The normalized spacial score (nSPS) is 30.5. The lowest BCUT2D eigenvalue weighted by Gasteiger charge is -2.19. The van der Waals surface area contributed by atoms with E-state index in [-0.39, 0.29) is 17.8 Å². The molecule has 6 heteroatoms. The zero-order chi connectivity index (χ0) is 20.1. The first kappa shape index (κ1) is 21.2. The first-order valence-corrected chi connectivity index (χ1v) is 11.1. The summed E-state index contributed by atoms with van der Waals surface area (Å²) in [6.07, 6.45) is 6.81. The van der Waals surface area contributed by atoms with Crippen LogP contribution in [-0.2, 0) is 4.79 Å². The highest BCUT2D eigenvalue weighted by molar-refractivity contribution is 7.99. The van der Waals surface area contributed by atoms with E-state index < -0.39 is 12.1 Å². The number of methoxy groups -OCH3 is 1. The van der Waals surface area contributed by atoms with Crippen molar-refractivity contribution < 1.29 is 24.9 Å². The van der Waals surface area contributed by atoms with Crippen molar-refractivity contribution in [1.29, 1.82) is 0 Å². The van der Waals surface area contributed by atoms with Crippen LogP contribution in [0.2, 0.25) is 0 Å². The van der Waals surface area contributed by atoms with Gasteiger partial charge in [-0.2, -0.15) is 11.8 Å². The second-order valence-electron chi connectivity index (χ2n) is 7.98. The van der Waals surface area contributed by atoms with Crippen LogP contribution in [0, 0.1) is 23.7 Å². The number of carboxylic acids is 1. The molecule has 0 bridgehead atoms. The van der Waals surface area contributed by atoms with Gasteiger partial charge in [0.15, 0.2) is 0 Å². The topological polar surface area (TPSA) is 87.0 Å². The van der Waals surface area contributed by atoms with E-state index in [4.69, 9.17) is 9.84 Å². The van der Waals surface area contributed by atoms with E-state index in [1.165, 1.54) is 11.8 Å². The van der Waals surface area contributed by atoms with Gasteiger partial charge in [-0.05, 0) is 66.9 Å². The Kier molecular flexibility index (Phi) is 7.43. The summed E-state index contributed by atoms with van der Waals surface area (Å²) in [5.41, 5.74) is 0.777. The third-order valence-corrected chi connectivity index (χ3v) is 7.15. The summed E-state index contributed by atoms with van der Waals surface area (Å²) in [5.74, 6) is 2.71. The van der Waals surface area contributed by atoms with Gasteiger partial charge in [-0.25, -0.2) is 0 Å². The van der Waals surface area contributed by atoms with Crippen molar-refractivity contribution in [2.24, 2.45) is 23.7 Å². The highest BCUT2D eigenvalue weighted by atomic mass is 32.2. The molecule has 1 aromatic carbocycles. The van der Waals surface area contributed by atoms with Crippen LogP contribution in [0.3, 0.4) is 0 Å². The molecule has 3 N–H and O–H groups in total. The number of aliphatic hydroxyl groups is 2. The molecular weight excluding hydrogens is 376 g/mol. The van der Waals surface area contributed by atoms with Crippen LogP contribution in [0.5, 0.6) is 5.75 Å². The van der Waals surface area contributed by atoms with Gasteiger partial charge in [-0.1, -0.05) is 24.3 Å². The molecule has 0 saturated heterocycles. The van der Waals surface area contributed by atoms with E-state index in [2.05, 4.69) is 0 Å². The largest absolute Gasteiger partial charge is 0.497 e. The maximum absolute atomic E-state index is 10.6. The summed E-state index contributed by atoms with van der Waals surface area (Å²) in [6, 6.07) is 7.39. The first-order chi connectivity index (χ1) is 13.5. The van der Waals surface area contributed by atoms with Gasteiger partial charge < -0.3 is 20.1 Å². The van der Waals surface area contributed by atoms with E-state index >= 15 is 0 Å². The van der Waals surface area contributed by atoms with Crippen molar-refractivity contribution >= 4 is 17.7 Å². The van der Waals surface area contributed by atoms with Crippen LogP contribution in [-0.4, -0.2) is 46.0 Å². The summed E-state index contributed by atoms with van der Waals surface area (Å²) in [6.45, 7) is 0. The van der Waals surface area contributed by atoms with Gasteiger partial charge in [-0.3, -0.25) is 4.79 Å². The fourth-order valence-corrected chi connectivity index (χ4v) is 5.68. The Morgan fingerprint density at radius 1 is 1.36 bits per heavy atom. The Morgan fingerprint density at radius 2 is 2.18 bits per heavy atom. The van der Waals surface area contributed by atoms with Crippen LogP contribution >= 0.6 is 11.8 Å². The Morgan fingerprint density at radius 3 is 2.93 bits per heavy atom. The SMILES string of the molecule is COc1cccc(C(O)C=C[C@@H]2[C@@H]3CC(CCSCC(=O)O)C[C@H]3C[C@H]2O)c1. The summed E-state index contributed by atoms with van der Waals surface area (Å²) < 4.78 is 5.21. The molecule has 154 valence electrons. The second kappa shape index (κ2) is 9.81. The lowest BCUT2D eigenvalue weighted by Crippen LogP contribution is -2.18. The molecule has 5 nitrogen and oxygen atoms in total. The third kappa shape index (κ3) is 5.31. The number of fused-ring (bicyclic) bond motifs is 1. The minimum Gasteiger partial charge on any atom is -0.497 e. The molecule has 2 aliphatic carbocycles. The van der Waals surface area contributed by atoms with Crippen molar-refractivity contribution in [3.8, 4) is 5.75 Å². The Hall–Kier alpha value is -1.50. The van der Waals surface area contributed by atoms with Crippen molar-refractivity contribution in [3.63, 3.8) is 0 Å². The molecule has 3 rings (SSSR count). The number of hydrogen-bond donors (Lipinski definition) is 3. The molecule has 0 spiro atoms. The Labute approximate surface area is 170 Å². The standard InChI is InChI=1S/C22H30O5S/c1-27-17-4-2-3-15(11-17)20(23)6-5-18-19-10-14(7-8-28-13-22(25)26)9-16(19)12-21(18)24/h2-6,11,14,16,18-21,23-24H,7-10,12-13H2,1H3,(H,25,26)/t14?,16-,18+,19+,20?,21+/m0/s1. The molecule has 1 aromatic rings. The molecule has 28 heavy (non-hydrogen) atoms. The zero-order valence-electron chi connectivity index (χ0n) is 16.2. The molecule has 0 aliphatic heterocycles. The average Bonchev–Trinajstić information content (AvgIpc) is 3.19. The molecule has 0 amide bonds. The molecule has 2 fully saturated rings. The number of carbonyl (C=O) groups is 1. The zero-order valence-corrected chi connectivity index (χ0v) is 17.1. The van der Waals surface area contributed by atoms with Crippen LogP contribution in [0.25, 0.3) is 0 Å². The van der Waals surface area contributed by atoms with Crippen LogP contribution in [0.4, 0.5) is 0 Å². The maximum Gasteiger partial charge on any atom is 0.313 e. The van der Waals surface area contributed by atoms with E-state index in [0.29, 0.717) is 23.5 Å². The average molecular weight is 407 g/mol. The van der Waals surface area contributed by atoms with Crippen LogP contribution < -0.4 is 4.74 Å². The molecule has 2 saturated carbocycles. The monoisotopic (exact) mass is 406 g/mol. The molecule has 0 aromatic heterocycles. The van der Waals surface area contributed by atoms with E-state index in [0.717, 1.165) is 37.0 Å². The Bertz CT molecular complexity index is 691.